The highest BCUT2D eigenvalue weighted by Crippen LogP contribution is 2.21. The highest BCUT2D eigenvalue weighted by Gasteiger charge is 2.05. The van der Waals surface area contributed by atoms with Gasteiger partial charge < -0.3 is 9.47 Å². The summed E-state index contributed by atoms with van der Waals surface area (Å²) in [5.41, 5.74) is 0.477. The van der Waals surface area contributed by atoms with Gasteiger partial charge in [-0.1, -0.05) is 12.1 Å². The second kappa shape index (κ2) is 7.69. The van der Waals surface area contributed by atoms with Crippen molar-refractivity contribution in [2.75, 3.05) is 19.5 Å². The molecule has 0 bridgehead atoms. The van der Waals surface area contributed by atoms with E-state index in [0.717, 1.165) is 0 Å². The first-order valence-electron chi connectivity index (χ1n) is 6.39. The SMILES string of the molecule is COC(=O)c1ccc(OCCSc2ccccc2F)cc1. The van der Waals surface area contributed by atoms with E-state index in [-0.39, 0.29) is 11.8 Å². The summed E-state index contributed by atoms with van der Waals surface area (Å²) >= 11 is 1.40. The monoisotopic (exact) mass is 306 g/mol. The molecule has 0 spiro atoms. The van der Waals surface area contributed by atoms with Gasteiger partial charge in [0.2, 0.25) is 0 Å². The second-order valence-electron chi connectivity index (χ2n) is 4.14. The number of esters is 1. The molecule has 2 rings (SSSR count). The molecule has 0 fully saturated rings. The number of thioether (sulfide) groups is 1. The molecule has 0 aromatic heterocycles. The number of carbonyl (C=O) groups excluding carboxylic acids is 1. The molecule has 0 unspecified atom stereocenters. The maximum absolute atomic E-state index is 13.4. The van der Waals surface area contributed by atoms with Crippen LogP contribution in [0.15, 0.2) is 53.4 Å². The Morgan fingerprint density at radius 2 is 1.86 bits per heavy atom. The number of carbonyl (C=O) groups is 1. The second-order valence-corrected chi connectivity index (χ2v) is 5.28. The lowest BCUT2D eigenvalue weighted by Crippen LogP contribution is -2.03. The van der Waals surface area contributed by atoms with E-state index in [4.69, 9.17) is 4.74 Å². The number of benzene rings is 2. The molecule has 3 nitrogen and oxygen atoms in total. The Labute approximate surface area is 127 Å². The van der Waals surface area contributed by atoms with E-state index in [0.29, 0.717) is 28.6 Å². The molecule has 0 aliphatic rings. The van der Waals surface area contributed by atoms with Gasteiger partial charge in [-0.2, -0.15) is 0 Å². The fourth-order valence-electron chi connectivity index (χ4n) is 1.68. The van der Waals surface area contributed by atoms with Crippen molar-refractivity contribution in [3.63, 3.8) is 0 Å². The Balaban J connectivity index is 1.79. The molecule has 0 aliphatic carbocycles. The highest BCUT2D eigenvalue weighted by molar-refractivity contribution is 7.99. The largest absolute Gasteiger partial charge is 0.493 e. The van der Waals surface area contributed by atoms with E-state index in [9.17, 15) is 9.18 Å². The van der Waals surface area contributed by atoms with E-state index in [1.165, 1.54) is 24.9 Å². The normalized spacial score (nSPS) is 10.2. The summed E-state index contributed by atoms with van der Waals surface area (Å²) < 4.78 is 23.5. The molecule has 2 aromatic rings. The van der Waals surface area contributed by atoms with Gasteiger partial charge in [0, 0.05) is 10.6 Å². The minimum absolute atomic E-state index is 0.218. The first kappa shape index (κ1) is 15.4. The van der Waals surface area contributed by atoms with Crippen molar-refractivity contribution in [1.82, 2.24) is 0 Å². The fourth-order valence-corrected chi connectivity index (χ4v) is 2.45. The van der Waals surface area contributed by atoms with Crippen LogP contribution in [0.1, 0.15) is 10.4 Å². The third-order valence-corrected chi connectivity index (χ3v) is 3.73. The first-order chi connectivity index (χ1) is 10.2. The minimum Gasteiger partial charge on any atom is -0.493 e. The number of hydrogen-bond donors (Lipinski definition) is 0. The average molecular weight is 306 g/mol. The van der Waals surface area contributed by atoms with Crippen LogP contribution in [0, 0.1) is 5.82 Å². The Bertz CT molecular complexity index is 599. The van der Waals surface area contributed by atoms with Crippen LogP contribution in [-0.4, -0.2) is 25.4 Å². The molecule has 110 valence electrons. The topological polar surface area (TPSA) is 35.5 Å². The summed E-state index contributed by atoms with van der Waals surface area (Å²) in [6.45, 7) is 0.455. The highest BCUT2D eigenvalue weighted by atomic mass is 32.2. The molecular weight excluding hydrogens is 291 g/mol. The molecule has 0 atom stereocenters. The Hall–Kier alpha value is -2.01. The predicted molar refractivity (Wildman–Crippen MR) is 80.4 cm³/mol. The lowest BCUT2D eigenvalue weighted by atomic mass is 10.2. The summed E-state index contributed by atoms with van der Waals surface area (Å²) in [6, 6.07) is 13.4. The van der Waals surface area contributed by atoms with Crippen molar-refractivity contribution in [2.24, 2.45) is 0 Å². The zero-order chi connectivity index (χ0) is 15.1. The van der Waals surface area contributed by atoms with Crippen LogP contribution >= 0.6 is 11.8 Å². The Morgan fingerprint density at radius 1 is 1.14 bits per heavy atom. The first-order valence-corrected chi connectivity index (χ1v) is 7.38. The van der Waals surface area contributed by atoms with Crippen molar-refractivity contribution in [3.05, 3.63) is 59.9 Å². The minimum atomic E-state index is -0.378. The van der Waals surface area contributed by atoms with E-state index < -0.39 is 0 Å². The molecular formula is C16H15FO3S. The van der Waals surface area contributed by atoms with Gasteiger partial charge in [0.25, 0.3) is 0 Å². The number of halogens is 1. The quantitative estimate of drug-likeness (QED) is 0.462. The van der Waals surface area contributed by atoms with Gasteiger partial charge in [0.15, 0.2) is 0 Å². The molecule has 0 heterocycles. The Morgan fingerprint density at radius 3 is 2.52 bits per heavy atom. The van der Waals surface area contributed by atoms with Gasteiger partial charge in [-0.15, -0.1) is 11.8 Å². The molecule has 21 heavy (non-hydrogen) atoms. The van der Waals surface area contributed by atoms with Crippen LogP contribution in [0.3, 0.4) is 0 Å². The number of rotatable bonds is 6. The molecule has 0 amide bonds. The number of ether oxygens (including phenoxy) is 2. The van der Waals surface area contributed by atoms with Gasteiger partial charge in [-0.25, -0.2) is 9.18 Å². The van der Waals surface area contributed by atoms with Crippen molar-refractivity contribution in [3.8, 4) is 5.75 Å². The van der Waals surface area contributed by atoms with Crippen molar-refractivity contribution >= 4 is 17.7 Å². The van der Waals surface area contributed by atoms with Gasteiger partial charge >= 0.3 is 5.97 Å². The number of hydrogen-bond acceptors (Lipinski definition) is 4. The number of methoxy groups -OCH3 is 1. The van der Waals surface area contributed by atoms with Crippen LogP contribution in [0.5, 0.6) is 5.75 Å². The zero-order valence-corrected chi connectivity index (χ0v) is 12.4. The summed E-state index contributed by atoms with van der Waals surface area (Å²) in [4.78, 5) is 11.9. The summed E-state index contributed by atoms with van der Waals surface area (Å²) in [5.74, 6) is 0.707. The molecule has 2 aromatic carbocycles. The average Bonchev–Trinajstić information content (AvgIpc) is 2.53. The lowest BCUT2D eigenvalue weighted by Gasteiger charge is -2.07. The van der Waals surface area contributed by atoms with E-state index in [1.807, 2.05) is 0 Å². The van der Waals surface area contributed by atoms with Crippen molar-refractivity contribution < 1.29 is 18.7 Å². The molecule has 5 heteroatoms. The maximum atomic E-state index is 13.4. The van der Waals surface area contributed by atoms with Gasteiger partial charge in [-0.3, -0.25) is 0 Å². The maximum Gasteiger partial charge on any atom is 0.337 e. The summed E-state index contributed by atoms with van der Waals surface area (Å²) in [5, 5.41) is 0. The molecule has 0 aliphatic heterocycles. The van der Waals surface area contributed by atoms with Gasteiger partial charge in [-0.05, 0) is 36.4 Å². The molecule has 0 saturated carbocycles. The third-order valence-electron chi connectivity index (χ3n) is 2.72. The van der Waals surface area contributed by atoms with Gasteiger partial charge in [0.1, 0.15) is 11.6 Å². The predicted octanol–water partition coefficient (Wildman–Crippen LogP) is 3.78. The van der Waals surface area contributed by atoms with Crippen LogP contribution in [0.25, 0.3) is 0 Å². The molecule has 0 N–H and O–H groups in total. The van der Waals surface area contributed by atoms with Crippen LogP contribution in [0.4, 0.5) is 4.39 Å². The van der Waals surface area contributed by atoms with Crippen molar-refractivity contribution in [1.29, 1.82) is 0 Å². The molecule has 0 saturated heterocycles. The summed E-state index contributed by atoms with van der Waals surface area (Å²) in [6.07, 6.45) is 0. The summed E-state index contributed by atoms with van der Waals surface area (Å²) in [7, 11) is 1.34. The Kier molecular flexibility index (Phi) is 5.63. The third kappa shape index (κ3) is 4.49. The standard InChI is InChI=1S/C16H15FO3S/c1-19-16(18)12-6-8-13(9-7-12)20-10-11-21-15-5-3-2-4-14(15)17/h2-9H,10-11H2,1H3. The van der Waals surface area contributed by atoms with E-state index in [2.05, 4.69) is 4.74 Å². The lowest BCUT2D eigenvalue weighted by molar-refractivity contribution is 0.0600. The van der Waals surface area contributed by atoms with E-state index >= 15 is 0 Å². The fraction of sp³-hybridized carbons (Fsp3) is 0.188. The van der Waals surface area contributed by atoms with Crippen LogP contribution in [0.2, 0.25) is 0 Å². The zero-order valence-electron chi connectivity index (χ0n) is 11.5. The van der Waals surface area contributed by atoms with Gasteiger partial charge in [0.05, 0.1) is 19.3 Å². The van der Waals surface area contributed by atoms with Crippen LogP contribution in [-0.2, 0) is 4.74 Å². The molecule has 0 radical (unpaired) electrons. The van der Waals surface area contributed by atoms with Crippen LogP contribution < -0.4 is 4.74 Å². The van der Waals surface area contributed by atoms with E-state index in [1.54, 1.807) is 42.5 Å². The smallest absolute Gasteiger partial charge is 0.337 e. The van der Waals surface area contributed by atoms with Crippen molar-refractivity contribution in [2.45, 2.75) is 4.90 Å².